The summed E-state index contributed by atoms with van der Waals surface area (Å²) in [6.07, 6.45) is -0.718. The van der Waals surface area contributed by atoms with Crippen molar-refractivity contribution in [2.45, 2.75) is 44.7 Å². The number of halogens is 4. The third-order valence-corrected chi connectivity index (χ3v) is 7.46. The number of amides is 2. The predicted octanol–water partition coefficient (Wildman–Crippen LogP) is 6.97. The number of carbonyl (C=O) groups is 2. The second-order valence-electron chi connectivity index (χ2n) is 9.58. The number of carbonyl (C=O) groups excluding carboxylic acids is 2. The molecule has 0 radical (unpaired) electrons. The van der Waals surface area contributed by atoms with Gasteiger partial charge in [0, 0.05) is 16.6 Å². The zero-order chi connectivity index (χ0) is 27.9. The van der Waals surface area contributed by atoms with Crippen LogP contribution in [0.5, 0.6) is 0 Å². The maximum atomic E-state index is 13.6. The van der Waals surface area contributed by atoms with E-state index in [-0.39, 0.29) is 17.2 Å². The van der Waals surface area contributed by atoms with Gasteiger partial charge in [-0.15, -0.1) is 0 Å². The number of hydrazine groups is 1. The summed E-state index contributed by atoms with van der Waals surface area (Å²) in [7, 11) is 0. The van der Waals surface area contributed by atoms with Crippen LogP contribution < -0.4 is 16.2 Å². The highest BCUT2D eigenvalue weighted by molar-refractivity contribution is 6.31. The van der Waals surface area contributed by atoms with Gasteiger partial charge in [0.15, 0.2) is 0 Å². The van der Waals surface area contributed by atoms with Crippen molar-refractivity contribution in [2.24, 2.45) is 5.84 Å². The van der Waals surface area contributed by atoms with E-state index in [9.17, 15) is 22.8 Å². The Hall–Kier alpha value is -3.89. The van der Waals surface area contributed by atoms with Crippen LogP contribution in [0.4, 0.5) is 24.5 Å². The van der Waals surface area contributed by atoms with E-state index in [0.29, 0.717) is 38.1 Å². The highest BCUT2D eigenvalue weighted by Crippen LogP contribution is 2.36. The molecule has 1 fully saturated rings. The van der Waals surface area contributed by atoms with Crippen molar-refractivity contribution >= 4 is 45.8 Å². The van der Waals surface area contributed by atoms with Crippen LogP contribution in [0.1, 0.15) is 69.3 Å². The number of imidazole rings is 1. The molecule has 4 N–H and O–H groups in total. The van der Waals surface area contributed by atoms with E-state index in [2.05, 4.69) is 10.3 Å². The zero-order valence-electron chi connectivity index (χ0n) is 20.9. The van der Waals surface area contributed by atoms with Crippen LogP contribution in [0.25, 0.3) is 11.0 Å². The first-order chi connectivity index (χ1) is 18.5. The largest absolute Gasteiger partial charge is 0.417 e. The first-order valence-corrected chi connectivity index (χ1v) is 12.8. The molecule has 202 valence electrons. The molecule has 0 spiro atoms. The fourth-order valence-electron chi connectivity index (χ4n) is 4.92. The quantitative estimate of drug-likeness (QED) is 0.140. The standard InChI is InChI=1S/C28H25ClF3N5O2/c1-15-21(29)11-6-12-22(15)35-26(38)19-13-17(14-23-24(19)36-25(34-23)16-7-2-3-8-16)37(33)27(39)18-9-4-5-10-20(18)28(30,31)32/h4-6,9-14,16H,2-3,7-8,33H2,1H3,(H,34,36)(H,35,38). The fourth-order valence-corrected chi connectivity index (χ4v) is 5.10. The number of H-pyrrole nitrogens is 1. The number of hydrogen-bond donors (Lipinski definition) is 3. The number of fused-ring (bicyclic) bond motifs is 1. The molecule has 7 nitrogen and oxygen atoms in total. The van der Waals surface area contributed by atoms with Gasteiger partial charge in [-0.25, -0.2) is 15.8 Å². The van der Waals surface area contributed by atoms with Gasteiger partial charge in [0.05, 0.1) is 27.9 Å². The number of nitrogens with two attached hydrogens (primary N) is 1. The smallest absolute Gasteiger partial charge is 0.342 e. The van der Waals surface area contributed by atoms with Crippen molar-refractivity contribution in [3.05, 3.63) is 87.7 Å². The van der Waals surface area contributed by atoms with Gasteiger partial charge in [-0.1, -0.05) is 42.6 Å². The zero-order valence-corrected chi connectivity index (χ0v) is 21.7. The summed E-state index contributed by atoms with van der Waals surface area (Å²) in [6.45, 7) is 1.76. The number of anilines is 2. The minimum atomic E-state index is -4.75. The molecule has 0 saturated heterocycles. The molecular weight excluding hydrogens is 531 g/mol. The monoisotopic (exact) mass is 555 g/mol. The average Bonchev–Trinajstić information content (AvgIpc) is 3.59. The lowest BCUT2D eigenvalue weighted by Gasteiger charge is -2.20. The minimum Gasteiger partial charge on any atom is -0.342 e. The van der Waals surface area contributed by atoms with Crippen LogP contribution >= 0.6 is 11.6 Å². The number of aromatic amines is 1. The summed E-state index contributed by atoms with van der Waals surface area (Å²) in [5.74, 6) is 5.40. The third-order valence-electron chi connectivity index (χ3n) is 7.05. The van der Waals surface area contributed by atoms with Gasteiger partial charge in [-0.05, 0) is 61.7 Å². The Morgan fingerprint density at radius 2 is 1.79 bits per heavy atom. The molecule has 4 aromatic rings. The molecule has 3 aromatic carbocycles. The van der Waals surface area contributed by atoms with E-state index in [1.807, 2.05) is 0 Å². The lowest BCUT2D eigenvalue weighted by Crippen LogP contribution is -2.38. The molecule has 1 aliphatic carbocycles. The fraction of sp³-hybridized carbons (Fsp3) is 0.250. The van der Waals surface area contributed by atoms with Gasteiger partial charge in [0.25, 0.3) is 11.8 Å². The van der Waals surface area contributed by atoms with Gasteiger partial charge in [0.1, 0.15) is 11.3 Å². The highest BCUT2D eigenvalue weighted by Gasteiger charge is 2.36. The Morgan fingerprint density at radius 1 is 1.08 bits per heavy atom. The molecule has 39 heavy (non-hydrogen) atoms. The molecule has 0 unspecified atom stereocenters. The number of benzene rings is 3. The molecule has 1 saturated carbocycles. The summed E-state index contributed by atoms with van der Waals surface area (Å²) < 4.78 is 40.8. The Labute approximate surface area is 227 Å². The van der Waals surface area contributed by atoms with E-state index in [1.54, 1.807) is 25.1 Å². The van der Waals surface area contributed by atoms with Gasteiger partial charge >= 0.3 is 6.18 Å². The SMILES string of the molecule is Cc1c(Cl)cccc1NC(=O)c1cc(N(N)C(=O)c2ccccc2C(F)(F)F)cc2[nH]c(C3CCCC3)nc12. The number of rotatable bonds is 5. The van der Waals surface area contributed by atoms with Gasteiger partial charge < -0.3 is 10.3 Å². The molecule has 5 rings (SSSR count). The van der Waals surface area contributed by atoms with Crippen LogP contribution in [0.3, 0.4) is 0 Å². The maximum absolute atomic E-state index is 13.6. The summed E-state index contributed by atoms with van der Waals surface area (Å²) >= 11 is 6.21. The molecule has 0 atom stereocenters. The molecule has 1 heterocycles. The lowest BCUT2D eigenvalue weighted by atomic mass is 10.1. The second-order valence-corrected chi connectivity index (χ2v) is 9.99. The van der Waals surface area contributed by atoms with E-state index < -0.39 is 29.1 Å². The molecule has 0 aliphatic heterocycles. The normalized spacial score (nSPS) is 14.1. The van der Waals surface area contributed by atoms with Crippen molar-refractivity contribution in [1.29, 1.82) is 0 Å². The Kier molecular flexibility index (Phi) is 7.09. The highest BCUT2D eigenvalue weighted by atomic mass is 35.5. The predicted molar refractivity (Wildman–Crippen MR) is 144 cm³/mol. The molecule has 1 aromatic heterocycles. The number of nitrogens with zero attached hydrogens (tertiary/aromatic N) is 2. The van der Waals surface area contributed by atoms with E-state index in [0.717, 1.165) is 37.8 Å². The van der Waals surface area contributed by atoms with Crippen LogP contribution in [0.2, 0.25) is 5.02 Å². The van der Waals surface area contributed by atoms with E-state index in [1.165, 1.54) is 24.3 Å². The summed E-state index contributed by atoms with van der Waals surface area (Å²) in [6, 6.07) is 12.4. The Bertz CT molecular complexity index is 1580. The molecule has 0 bridgehead atoms. The Balaban J connectivity index is 1.59. The van der Waals surface area contributed by atoms with Crippen molar-refractivity contribution in [1.82, 2.24) is 9.97 Å². The van der Waals surface area contributed by atoms with E-state index in [4.69, 9.17) is 22.4 Å². The molecule has 2 amide bonds. The summed E-state index contributed by atoms with van der Waals surface area (Å²) in [4.78, 5) is 34.7. The summed E-state index contributed by atoms with van der Waals surface area (Å²) in [5, 5.41) is 3.91. The van der Waals surface area contributed by atoms with Crippen LogP contribution in [-0.4, -0.2) is 21.8 Å². The number of aromatic nitrogens is 2. The maximum Gasteiger partial charge on any atom is 0.417 e. The second kappa shape index (κ2) is 10.3. The topological polar surface area (TPSA) is 104 Å². The van der Waals surface area contributed by atoms with Crippen LogP contribution in [-0.2, 0) is 6.18 Å². The third kappa shape index (κ3) is 5.22. The first kappa shape index (κ1) is 26.7. The van der Waals surface area contributed by atoms with Crippen molar-refractivity contribution in [3.8, 4) is 0 Å². The van der Waals surface area contributed by atoms with Gasteiger partial charge in [-0.3, -0.25) is 9.59 Å². The number of alkyl halides is 3. The van der Waals surface area contributed by atoms with Crippen molar-refractivity contribution in [2.75, 3.05) is 10.3 Å². The van der Waals surface area contributed by atoms with Crippen LogP contribution in [0.15, 0.2) is 54.6 Å². The van der Waals surface area contributed by atoms with Gasteiger partial charge in [-0.2, -0.15) is 13.2 Å². The lowest BCUT2D eigenvalue weighted by molar-refractivity contribution is -0.137. The molecular formula is C28H25ClF3N5O2. The first-order valence-electron chi connectivity index (χ1n) is 12.4. The van der Waals surface area contributed by atoms with Crippen molar-refractivity contribution < 1.29 is 22.8 Å². The molecule has 1 aliphatic rings. The van der Waals surface area contributed by atoms with E-state index >= 15 is 0 Å². The van der Waals surface area contributed by atoms with Crippen LogP contribution in [0, 0.1) is 6.92 Å². The molecule has 11 heteroatoms. The average molecular weight is 556 g/mol. The summed E-state index contributed by atoms with van der Waals surface area (Å²) in [5.41, 5.74) is 0.374. The Morgan fingerprint density at radius 3 is 2.51 bits per heavy atom. The van der Waals surface area contributed by atoms with Gasteiger partial charge in [0.2, 0.25) is 0 Å². The minimum absolute atomic E-state index is 0.0269. The number of nitrogens with one attached hydrogen (secondary N) is 2. The number of hydrogen-bond acceptors (Lipinski definition) is 4. The van der Waals surface area contributed by atoms with Crippen molar-refractivity contribution in [3.63, 3.8) is 0 Å².